The van der Waals surface area contributed by atoms with Crippen molar-refractivity contribution in [3.8, 4) is 0 Å². The molecule has 0 spiro atoms. The Morgan fingerprint density at radius 3 is 2.95 bits per heavy atom. The second-order valence-electron chi connectivity index (χ2n) is 5.62. The van der Waals surface area contributed by atoms with Crippen molar-refractivity contribution in [2.75, 3.05) is 13.1 Å². The summed E-state index contributed by atoms with van der Waals surface area (Å²) in [6.07, 6.45) is 4.89. The number of likely N-dealkylation sites (tertiary alicyclic amines) is 1. The Labute approximate surface area is 137 Å². The van der Waals surface area contributed by atoms with Gasteiger partial charge in [-0.2, -0.15) is 0 Å². The van der Waals surface area contributed by atoms with E-state index in [4.69, 9.17) is 5.11 Å². The summed E-state index contributed by atoms with van der Waals surface area (Å²) in [5.74, 6) is -0.365. The molecule has 0 amide bonds. The average Bonchev–Trinajstić information content (AvgIpc) is 2.98. The summed E-state index contributed by atoms with van der Waals surface area (Å²) in [4.78, 5) is 17.6. The lowest BCUT2D eigenvalue weighted by atomic mass is 10.0. The second kappa shape index (κ2) is 6.58. The molecule has 1 saturated heterocycles. The molecule has 2 aromatic rings. The minimum atomic E-state index is -0.898. The fourth-order valence-corrected chi connectivity index (χ4v) is 3.42. The molecule has 1 aliphatic heterocycles. The maximum absolute atomic E-state index is 11.0. The highest BCUT2D eigenvalue weighted by molar-refractivity contribution is 9.10. The number of rotatable bonds is 4. The van der Waals surface area contributed by atoms with E-state index in [-0.39, 0.29) is 0 Å². The summed E-state index contributed by atoms with van der Waals surface area (Å²) in [6, 6.07) is 9.35. The smallest absolute Gasteiger partial charge is 0.335 e. The molecule has 5 heteroatoms. The molecule has 0 radical (unpaired) electrons. The first kappa shape index (κ1) is 15.2. The van der Waals surface area contributed by atoms with Gasteiger partial charge in [-0.15, -0.1) is 0 Å². The van der Waals surface area contributed by atoms with Crippen LogP contribution in [-0.4, -0.2) is 34.0 Å². The summed E-state index contributed by atoms with van der Waals surface area (Å²) in [6.45, 7) is 2.89. The molecule has 22 heavy (non-hydrogen) atoms. The molecule has 1 aromatic carbocycles. The molecular formula is C17H17BrN2O2. The van der Waals surface area contributed by atoms with Crippen LogP contribution in [0.4, 0.5) is 0 Å². The molecule has 2 heterocycles. The second-order valence-corrected chi connectivity index (χ2v) is 6.47. The van der Waals surface area contributed by atoms with Crippen molar-refractivity contribution in [3.63, 3.8) is 0 Å². The van der Waals surface area contributed by atoms with E-state index in [0.29, 0.717) is 11.5 Å². The summed E-state index contributed by atoms with van der Waals surface area (Å²) in [7, 11) is 0. The van der Waals surface area contributed by atoms with Gasteiger partial charge in [-0.1, -0.05) is 28.1 Å². The van der Waals surface area contributed by atoms with Crippen LogP contribution in [0.3, 0.4) is 0 Å². The van der Waals surface area contributed by atoms with Gasteiger partial charge in [0.25, 0.3) is 0 Å². The SMILES string of the molecule is O=C(O)c1ccc(CN2CCC(c3cccnc3)C2)c(Br)c1. The molecule has 0 aliphatic carbocycles. The fraction of sp³-hybridized carbons (Fsp3) is 0.294. The molecule has 0 saturated carbocycles. The number of aromatic nitrogens is 1. The summed E-state index contributed by atoms with van der Waals surface area (Å²) >= 11 is 3.48. The van der Waals surface area contributed by atoms with Gasteiger partial charge >= 0.3 is 5.97 Å². The highest BCUT2D eigenvalue weighted by Crippen LogP contribution is 2.29. The Hall–Kier alpha value is -1.72. The van der Waals surface area contributed by atoms with E-state index in [1.165, 1.54) is 5.56 Å². The zero-order valence-electron chi connectivity index (χ0n) is 12.1. The number of hydrogen-bond acceptors (Lipinski definition) is 3. The summed E-state index contributed by atoms with van der Waals surface area (Å²) < 4.78 is 0.859. The maximum Gasteiger partial charge on any atom is 0.335 e. The Balaban J connectivity index is 1.66. The first-order valence-electron chi connectivity index (χ1n) is 7.27. The number of pyridine rings is 1. The minimum Gasteiger partial charge on any atom is -0.478 e. The van der Waals surface area contributed by atoms with Gasteiger partial charge in [0.05, 0.1) is 5.56 Å². The number of halogens is 1. The van der Waals surface area contributed by atoms with Crippen LogP contribution in [0.1, 0.15) is 33.8 Å². The van der Waals surface area contributed by atoms with Crippen LogP contribution >= 0.6 is 15.9 Å². The molecule has 3 rings (SSSR count). The number of carboxylic acids is 1. The first-order chi connectivity index (χ1) is 10.6. The molecule has 1 aliphatic rings. The third-order valence-electron chi connectivity index (χ3n) is 4.12. The van der Waals surface area contributed by atoms with Gasteiger partial charge in [-0.3, -0.25) is 9.88 Å². The van der Waals surface area contributed by atoms with Crippen LogP contribution in [-0.2, 0) is 6.54 Å². The quantitative estimate of drug-likeness (QED) is 0.905. The molecule has 1 atom stereocenters. The topological polar surface area (TPSA) is 53.4 Å². The van der Waals surface area contributed by atoms with Crippen molar-refractivity contribution < 1.29 is 9.90 Å². The standard InChI is InChI=1S/C17H17BrN2O2/c18-16-8-12(17(21)22)3-4-15(16)11-20-7-5-14(10-20)13-2-1-6-19-9-13/h1-4,6,8-9,14H,5,7,10-11H2,(H,21,22). The number of carboxylic acid groups (broad SMARTS) is 1. The highest BCUT2D eigenvalue weighted by Gasteiger charge is 2.24. The van der Waals surface area contributed by atoms with E-state index in [1.807, 2.05) is 18.3 Å². The van der Waals surface area contributed by atoms with Gasteiger partial charge in [0.1, 0.15) is 0 Å². The van der Waals surface area contributed by atoms with Crippen LogP contribution in [0.25, 0.3) is 0 Å². The third kappa shape index (κ3) is 3.36. The van der Waals surface area contributed by atoms with E-state index < -0.39 is 5.97 Å². The number of aromatic carboxylic acids is 1. The number of nitrogens with zero attached hydrogens (tertiary/aromatic N) is 2. The predicted molar refractivity (Wildman–Crippen MR) is 88.0 cm³/mol. The number of benzene rings is 1. The number of carbonyl (C=O) groups is 1. The number of hydrogen-bond donors (Lipinski definition) is 1. The van der Waals surface area contributed by atoms with Crippen LogP contribution in [0, 0.1) is 0 Å². The molecule has 1 aromatic heterocycles. The van der Waals surface area contributed by atoms with Crippen molar-refractivity contribution >= 4 is 21.9 Å². The molecule has 4 nitrogen and oxygen atoms in total. The van der Waals surface area contributed by atoms with E-state index in [2.05, 4.69) is 31.9 Å². The van der Waals surface area contributed by atoms with E-state index in [0.717, 1.165) is 36.1 Å². The van der Waals surface area contributed by atoms with Crippen LogP contribution in [0.2, 0.25) is 0 Å². The molecule has 1 unspecified atom stereocenters. The Kier molecular flexibility index (Phi) is 4.55. The van der Waals surface area contributed by atoms with Crippen molar-refractivity contribution in [1.82, 2.24) is 9.88 Å². The van der Waals surface area contributed by atoms with E-state index in [1.54, 1.807) is 18.3 Å². The summed E-state index contributed by atoms with van der Waals surface area (Å²) in [5.41, 5.74) is 2.73. The Bertz CT molecular complexity index is 676. The zero-order chi connectivity index (χ0) is 15.5. The lowest BCUT2D eigenvalue weighted by molar-refractivity contribution is 0.0697. The largest absolute Gasteiger partial charge is 0.478 e. The van der Waals surface area contributed by atoms with E-state index >= 15 is 0 Å². The van der Waals surface area contributed by atoms with Gasteiger partial charge in [0.15, 0.2) is 0 Å². The van der Waals surface area contributed by atoms with Crippen molar-refractivity contribution in [2.24, 2.45) is 0 Å². The van der Waals surface area contributed by atoms with Crippen LogP contribution in [0.15, 0.2) is 47.2 Å². The average molecular weight is 361 g/mol. The first-order valence-corrected chi connectivity index (χ1v) is 8.07. The zero-order valence-corrected chi connectivity index (χ0v) is 13.7. The van der Waals surface area contributed by atoms with Gasteiger partial charge in [-0.25, -0.2) is 4.79 Å². The fourth-order valence-electron chi connectivity index (χ4n) is 2.92. The van der Waals surface area contributed by atoms with Crippen molar-refractivity contribution in [3.05, 3.63) is 63.9 Å². The predicted octanol–water partition coefficient (Wildman–Crippen LogP) is 3.53. The third-order valence-corrected chi connectivity index (χ3v) is 4.86. The highest BCUT2D eigenvalue weighted by atomic mass is 79.9. The van der Waals surface area contributed by atoms with Gasteiger partial charge in [0.2, 0.25) is 0 Å². The maximum atomic E-state index is 11.0. The van der Waals surface area contributed by atoms with Gasteiger partial charge in [-0.05, 0) is 48.2 Å². The normalized spacial score (nSPS) is 18.5. The molecule has 114 valence electrons. The Morgan fingerprint density at radius 2 is 2.27 bits per heavy atom. The molecule has 1 fully saturated rings. The van der Waals surface area contributed by atoms with Gasteiger partial charge < -0.3 is 5.11 Å². The monoisotopic (exact) mass is 360 g/mol. The van der Waals surface area contributed by atoms with Crippen molar-refractivity contribution in [1.29, 1.82) is 0 Å². The molecular weight excluding hydrogens is 344 g/mol. The van der Waals surface area contributed by atoms with Crippen LogP contribution in [0.5, 0.6) is 0 Å². The molecule has 1 N–H and O–H groups in total. The summed E-state index contributed by atoms with van der Waals surface area (Å²) in [5, 5.41) is 9.01. The van der Waals surface area contributed by atoms with Crippen LogP contribution < -0.4 is 0 Å². The lowest BCUT2D eigenvalue weighted by Gasteiger charge is -2.17. The van der Waals surface area contributed by atoms with E-state index in [9.17, 15) is 4.79 Å². The van der Waals surface area contributed by atoms with Gasteiger partial charge in [0, 0.05) is 30.0 Å². The lowest BCUT2D eigenvalue weighted by Crippen LogP contribution is -2.20. The minimum absolute atomic E-state index is 0.310. The Morgan fingerprint density at radius 1 is 1.41 bits per heavy atom. The molecule has 0 bridgehead atoms. The van der Waals surface area contributed by atoms with Crippen molar-refractivity contribution in [2.45, 2.75) is 18.9 Å².